The Kier molecular flexibility index (Phi) is 5.48. The zero-order chi connectivity index (χ0) is 24.7. The second-order valence-electron chi connectivity index (χ2n) is 8.76. The van der Waals surface area contributed by atoms with Gasteiger partial charge in [0.15, 0.2) is 11.7 Å². The summed E-state index contributed by atoms with van der Waals surface area (Å²) in [5.74, 6) is -0.104. The summed E-state index contributed by atoms with van der Waals surface area (Å²) < 4.78 is 20.1. The van der Waals surface area contributed by atoms with Crippen molar-refractivity contribution in [3.8, 4) is 16.5 Å². The van der Waals surface area contributed by atoms with Gasteiger partial charge in [0.05, 0.1) is 11.1 Å². The van der Waals surface area contributed by atoms with Crippen LogP contribution in [-0.2, 0) is 11.3 Å². The Bertz CT molecular complexity index is 1460. The smallest absolute Gasteiger partial charge is 0.327 e. The molecular formula is C25H21FN6O3S. The Morgan fingerprint density at radius 1 is 1.14 bits per heavy atom. The number of thiazole rings is 1. The summed E-state index contributed by atoms with van der Waals surface area (Å²) >= 11 is 1.44. The molecule has 2 aliphatic rings. The fraction of sp³-hybridized carbons (Fsp3) is 0.240. The van der Waals surface area contributed by atoms with Crippen LogP contribution in [0.5, 0.6) is 5.75 Å². The highest BCUT2D eigenvalue weighted by atomic mass is 32.1. The van der Waals surface area contributed by atoms with E-state index in [0.29, 0.717) is 5.82 Å². The largest absolute Gasteiger partial charge is 0.482 e. The number of ether oxygens (including phenoxy) is 1. The number of aromatic nitrogens is 5. The highest BCUT2D eigenvalue weighted by molar-refractivity contribution is 7.18. The third-order valence-electron chi connectivity index (χ3n) is 6.38. The molecule has 0 atom stereocenters. The van der Waals surface area contributed by atoms with Crippen molar-refractivity contribution in [2.24, 2.45) is 0 Å². The fourth-order valence-electron chi connectivity index (χ4n) is 4.60. The zero-order valence-corrected chi connectivity index (χ0v) is 19.9. The molecule has 0 bridgehead atoms. The van der Waals surface area contributed by atoms with Crippen molar-refractivity contribution in [2.45, 2.75) is 25.0 Å². The third-order valence-corrected chi connectivity index (χ3v) is 7.43. The molecule has 2 aromatic carbocycles. The van der Waals surface area contributed by atoms with E-state index in [1.54, 1.807) is 6.20 Å². The van der Waals surface area contributed by atoms with E-state index in [4.69, 9.17) is 9.84 Å². The van der Waals surface area contributed by atoms with Crippen LogP contribution in [0.4, 0.5) is 9.52 Å². The van der Waals surface area contributed by atoms with Gasteiger partial charge in [0, 0.05) is 31.5 Å². The molecular weight excluding hydrogens is 483 g/mol. The van der Waals surface area contributed by atoms with Crippen molar-refractivity contribution < 1.29 is 19.0 Å². The monoisotopic (exact) mass is 504 g/mol. The van der Waals surface area contributed by atoms with Crippen LogP contribution in [-0.4, -0.2) is 55.0 Å². The molecule has 36 heavy (non-hydrogen) atoms. The molecule has 2 aromatic heterocycles. The average Bonchev–Trinajstić information content (AvgIpc) is 3.54. The van der Waals surface area contributed by atoms with Crippen molar-refractivity contribution in [3.05, 3.63) is 77.7 Å². The lowest BCUT2D eigenvalue weighted by atomic mass is 9.83. The number of halogens is 1. The number of fused-ring (bicyclic) bond motifs is 1. The van der Waals surface area contributed by atoms with Crippen LogP contribution >= 0.6 is 11.3 Å². The first-order valence-corrected chi connectivity index (χ1v) is 12.3. The average molecular weight is 505 g/mol. The summed E-state index contributed by atoms with van der Waals surface area (Å²) in [6, 6.07) is 14.6. The van der Waals surface area contributed by atoms with Gasteiger partial charge in [0.25, 0.3) is 0 Å². The molecule has 2 aliphatic heterocycles. The molecule has 0 radical (unpaired) electrons. The molecule has 0 unspecified atom stereocenters. The number of anilines is 1. The number of hydrogen-bond donors (Lipinski definition) is 1. The standard InChI is InChI=1S/C25H21FN6O3S/c26-17-7-5-16(6-8-17)19-13-25(35-20-4-2-1-3-18(19)20)9-11-31(12-10-25)24-27-14-21(36-24)23-28-30-32(29-23)15-22(33)34/h1-8,13-14H,9-12,15H2,(H,33,34). The topological polar surface area (TPSA) is 106 Å². The van der Waals surface area contributed by atoms with Crippen molar-refractivity contribution >= 4 is 28.0 Å². The van der Waals surface area contributed by atoms with Gasteiger partial charge < -0.3 is 14.7 Å². The molecule has 0 aliphatic carbocycles. The van der Waals surface area contributed by atoms with Gasteiger partial charge in [-0.3, -0.25) is 4.79 Å². The molecule has 1 fully saturated rings. The summed E-state index contributed by atoms with van der Waals surface area (Å²) in [5.41, 5.74) is 2.56. The summed E-state index contributed by atoms with van der Waals surface area (Å²) in [5, 5.41) is 21.6. The maximum absolute atomic E-state index is 13.6. The van der Waals surface area contributed by atoms with Gasteiger partial charge in [0.1, 0.15) is 17.2 Å². The maximum Gasteiger partial charge on any atom is 0.327 e. The highest BCUT2D eigenvalue weighted by Crippen LogP contribution is 2.44. The lowest BCUT2D eigenvalue weighted by molar-refractivity contribution is -0.138. The van der Waals surface area contributed by atoms with Gasteiger partial charge in [-0.2, -0.15) is 4.80 Å². The minimum atomic E-state index is -1.03. The Labute approximate surface area is 209 Å². The van der Waals surface area contributed by atoms with Gasteiger partial charge >= 0.3 is 5.97 Å². The SMILES string of the molecule is O=C(O)Cn1nnc(-c2cnc(N3CCC4(C=C(c5ccc(F)cc5)c5ccccc5O4)CC3)s2)n1. The van der Waals surface area contributed by atoms with Crippen LogP contribution in [0, 0.1) is 5.82 Å². The Morgan fingerprint density at radius 2 is 1.92 bits per heavy atom. The highest BCUT2D eigenvalue weighted by Gasteiger charge is 2.39. The van der Waals surface area contributed by atoms with Gasteiger partial charge in [-0.1, -0.05) is 41.7 Å². The predicted octanol–water partition coefficient (Wildman–Crippen LogP) is 3.88. The zero-order valence-electron chi connectivity index (χ0n) is 19.0. The number of rotatable bonds is 5. The van der Waals surface area contributed by atoms with Gasteiger partial charge in [0.2, 0.25) is 5.82 Å². The number of hydrogen-bond acceptors (Lipinski definition) is 8. The molecule has 0 saturated carbocycles. The van der Waals surface area contributed by atoms with E-state index in [0.717, 1.165) is 63.2 Å². The normalized spacial score (nSPS) is 16.4. The summed E-state index contributed by atoms with van der Waals surface area (Å²) in [6.07, 6.45) is 5.40. The molecule has 4 heterocycles. The predicted molar refractivity (Wildman–Crippen MR) is 131 cm³/mol. The van der Waals surface area contributed by atoms with Crippen LogP contribution in [0.25, 0.3) is 16.3 Å². The number of carbonyl (C=O) groups is 1. The number of carboxylic acids is 1. The van der Waals surface area contributed by atoms with E-state index in [9.17, 15) is 9.18 Å². The van der Waals surface area contributed by atoms with E-state index in [1.165, 1.54) is 23.5 Å². The van der Waals surface area contributed by atoms with Crippen molar-refractivity contribution in [1.82, 2.24) is 25.2 Å². The first-order chi connectivity index (χ1) is 17.5. The van der Waals surface area contributed by atoms with E-state index in [-0.39, 0.29) is 12.4 Å². The molecule has 6 rings (SSSR count). The first-order valence-electron chi connectivity index (χ1n) is 11.5. The summed E-state index contributed by atoms with van der Waals surface area (Å²) in [4.78, 5) is 19.4. The van der Waals surface area contributed by atoms with E-state index in [1.807, 2.05) is 36.4 Å². The quantitative estimate of drug-likeness (QED) is 0.437. The number of tetrazole rings is 1. The Hall–Kier alpha value is -4.12. The Morgan fingerprint density at radius 3 is 2.69 bits per heavy atom. The van der Waals surface area contributed by atoms with E-state index >= 15 is 0 Å². The fourth-order valence-corrected chi connectivity index (χ4v) is 5.50. The summed E-state index contributed by atoms with van der Waals surface area (Å²) in [7, 11) is 0. The summed E-state index contributed by atoms with van der Waals surface area (Å²) in [6.45, 7) is 1.13. The molecule has 182 valence electrons. The van der Waals surface area contributed by atoms with Crippen LogP contribution < -0.4 is 9.64 Å². The Balaban J connectivity index is 1.22. The minimum absolute atomic E-state index is 0.259. The number of para-hydroxylation sites is 1. The number of piperidine rings is 1. The molecule has 0 amide bonds. The van der Waals surface area contributed by atoms with E-state index in [2.05, 4.69) is 31.4 Å². The van der Waals surface area contributed by atoms with Gasteiger partial charge in [-0.05, 0) is 40.6 Å². The first kappa shape index (κ1) is 22.4. The van der Waals surface area contributed by atoms with Crippen LogP contribution in [0.2, 0.25) is 0 Å². The van der Waals surface area contributed by atoms with Crippen molar-refractivity contribution in [2.75, 3.05) is 18.0 Å². The maximum atomic E-state index is 13.6. The minimum Gasteiger partial charge on any atom is -0.482 e. The molecule has 9 nitrogen and oxygen atoms in total. The molecule has 4 aromatic rings. The second-order valence-corrected chi connectivity index (χ2v) is 9.77. The number of carboxylic acid groups (broad SMARTS) is 1. The lowest BCUT2D eigenvalue weighted by Gasteiger charge is -2.43. The van der Waals surface area contributed by atoms with E-state index < -0.39 is 11.6 Å². The van der Waals surface area contributed by atoms with Crippen molar-refractivity contribution in [3.63, 3.8) is 0 Å². The van der Waals surface area contributed by atoms with Crippen LogP contribution in [0.15, 0.2) is 60.8 Å². The number of benzene rings is 2. The van der Waals surface area contributed by atoms with Gasteiger partial charge in [-0.15, -0.1) is 10.2 Å². The lowest BCUT2D eigenvalue weighted by Crippen LogP contribution is -2.48. The number of aliphatic carboxylic acids is 1. The van der Waals surface area contributed by atoms with Gasteiger partial charge in [-0.25, -0.2) is 9.37 Å². The third kappa shape index (κ3) is 4.22. The molecule has 1 N–H and O–H groups in total. The molecule has 1 spiro atoms. The number of nitrogens with zero attached hydrogens (tertiary/aromatic N) is 6. The molecule has 1 saturated heterocycles. The second kappa shape index (κ2) is 8.83. The van der Waals surface area contributed by atoms with Crippen LogP contribution in [0.3, 0.4) is 0 Å². The molecule has 11 heteroatoms. The van der Waals surface area contributed by atoms with Crippen LogP contribution in [0.1, 0.15) is 24.0 Å². The van der Waals surface area contributed by atoms with Crippen molar-refractivity contribution in [1.29, 1.82) is 0 Å².